The first-order valence-corrected chi connectivity index (χ1v) is 9.31. The number of aromatic nitrogens is 1. The largest absolute Gasteiger partial charge is 0.423 e. The van der Waals surface area contributed by atoms with Crippen LogP contribution in [0.3, 0.4) is 0 Å². The summed E-state index contributed by atoms with van der Waals surface area (Å²) in [7, 11) is 0. The van der Waals surface area contributed by atoms with Crippen LogP contribution in [0.1, 0.15) is 30.9 Å². The van der Waals surface area contributed by atoms with Crippen molar-refractivity contribution in [2.45, 2.75) is 26.3 Å². The second kappa shape index (κ2) is 7.00. The lowest BCUT2D eigenvalue weighted by atomic mass is 10.0. The van der Waals surface area contributed by atoms with Crippen molar-refractivity contribution in [1.82, 2.24) is 9.88 Å². The number of nitrogens with zero attached hydrogens (tertiary/aromatic N) is 3. The average Bonchev–Trinajstić information content (AvgIpc) is 3.06. The second-order valence-corrected chi connectivity index (χ2v) is 7.38. The van der Waals surface area contributed by atoms with Crippen LogP contribution < -0.4 is 10.6 Å². The van der Waals surface area contributed by atoms with E-state index in [1.54, 1.807) is 0 Å². The van der Waals surface area contributed by atoms with Crippen molar-refractivity contribution < 1.29 is 4.42 Å². The van der Waals surface area contributed by atoms with Crippen LogP contribution in [0.2, 0.25) is 0 Å². The van der Waals surface area contributed by atoms with E-state index in [1.807, 2.05) is 18.2 Å². The van der Waals surface area contributed by atoms with E-state index in [-0.39, 0.29) is 0 Å². The van der Waals surface area contributed by atoms with Gasteiger partial charge in [-0.05, 0) is 35.2 Å². The Morgan fingerprint density at radius 2 is 1.77 bits per heavy atom. The Balaban J connectivity index is 1.37. The van der Waals surface area contributed by atoms with Gasteiger partial charge in [-0.2, -0.15) is 4.98 Å². The summed E-state index contributed by atoms with van der Waals surface area (Å²) >= 11 is 0. The fraction of sp³-hybridized carbons (Fsp3) is 0.381. The Hall–Kier alpha value is -2.53. The Bertz CT molecular complexity index is 877. The summed E-state index contributed by atoms with van der Waals surface area (Å²) in [4.78, 5) is 9.30. The lowest BCUT2D eigenvalue weighted by Crippen LogP contribution is -2.46. The Kier molecular flexibility index (Phi) is 4.55. The minimum absolute atomic E-state index is 0.583. The van der Waals surface area contributed by atoms with Gasteiger partial charge in [0.2, 0.25) is 0 Å². The molecule has 0 atom stereocenters. The molecule has 1 aromatic heterocycles. The van der Waals surface area contributed by atoms with Gasteiger partial charge >= 0.3 is 0 Å². The molecule has 0 unspecified atom stereocenters. The second-order valence-electron chi connectivity index (χ2n) is 7.38. The van der Waals surface area contributed by atoms with Crippen LogP contribution in [0.15, 0.2) is 46.9 Å². The minimum Gasteiger partial charge on any atom is -0.423 e. The Morgan fingerprint density at radius 1 is 1.04 bits per heavy atom. The molecule has 0 aliphatic carbocycles. The lowest BCUT2D eigenvalue weighted by Gasteiger charge is -2.33. The van der Waals surface area contributed by atoms with E-state index in [1.165, 1.54) is 11.1 Å². The van der Waals surface area contributed by atoms with Gasteiger partial charge in [-0.15, -0.1) is 0 Å². The van der Waals surface area contributed by atoms with E-state index < -0.39 is 0 Å². The van der Waals surface area contributed by atoms with Crippen LogP contribution in [0.25, 0.3) is 11.1 Å². The van der Waals surface area contributed by atoms with Gasteiger partial charge in [0.15, 0.2) is 5.58 Å². The molecule has 0 radical (unpaired) electrons. The summed E-state index contributed by atoms with van der Waals surface area (Å²) in [5.74, 6) is 0.583. The van der Waals surface area contributed by atoms with Crippen molar-refractivity contribution in [3.63, 3.8) is 0 Å². The van der Waals surface area contributed by atoms with Gasteiger partial charge in [-0.1, -0.05) is 38.1 Å². The van der Waals surface area contributed by atoms with Gasteiger partial charge in [0, 0.05) is 38.4 Å². The third kappa shape index (κ3) is 3.53. The normalized spacial score (nSPS) is 15.9. The van der Waals surface area contributed by atoms with E-state index in [2.05, 4.69) is 52.9 Å². The molecule has 2 heterocycles. The van der Waals surface area contributed by atoms with Gasteiger partial charge in [0.1, 0.15) is 5.52 Å². The predicted octanol–water partition coefficient (Wildman–Crippen LogP) is 3.86. The van der Waals surface area contributed by atoms with E-state index in [9.17, 15) is 0 Å². The number of nitrogens with two attached hydrogens (primary N) is 1. The smallest absolute Gasteiger partial charge is 0.298 e. The van der Waals surface area contributed by atoms with E-state index in [4.69, 9.17) is 10.2 Å². The van der Waals surface area contributed by atoms with Crippen LogP contribution >= 0.6 is 0 Å². The maximum absolute atomic E-state index is 5.89. The van der Waals surface area contributed by atoms with Crippen LogP contribution in [0.4, 0.5) is 11.7 Å². The molecule has 26 heavy (non-hydrogen) atoms. The molecule has 2 N–H and O–H groups in total. The Morgan fingerprint density at radius 3 is 2.46 bits per heavy atom. The summed E-state index contributed by atoms with van der Waals surface area (Å²) < 4.78 is 5.89. The molecule has 5 heteroatoms. The standard InChI is InChI=1S/C21H26N4O/c1-15(2)17-5-3-16(4-6-17)14-24-9-11-25(12-10-24)21-23-19-13-18(22)7-8-20(19)26-21/h3-8,13,15H,9-12,14,22H2,1-2H3. The number of piperazine rings is 1. The first-order valence-electron chi connectivity index (χ1n) is 9.31. The zero-order valence-corrected chi connectivity index (χ0v) is 15.5. The molecule has 0 spiro atoms. The first kappa shape index (κ1) is 16.9. The summed E-state index contributed by atoms with van der Waals surface area (Å²) in [6.45, 7) is 9.32. The number of hydrogen-bond acceptors (Lipinski definition) is 5. The van der Waals surface area contributed by atoms with Gasteiger partial charge in [-0.25, -0.2) is 0 Å². The third-order valence-electron chi connectivity index (χ3n) is 5.10. The highest BCUT2D eigenvalue weighted by molar-refractivity contribution is 5.78. The van der Waals surface area contributed by atoms with Gasteiger partial charge in [0.25, 0.3) is 6.01 Å². The minimum atomic E-state index is 0.583. The van der Waals surface area contributed by atoms with E-state index in [0.29, 0.717) is 17.6 Å². The van der Waals surface area contributed by atoms with Gasteiger partial charge in [-0.3, -0.25) is 4.90 Å². The lowest BCUT2D eigenvalue weighted by molar-refractivity contribution is 0.245. The molecule has 136 valence electrons. The molecule has 1 saturated heterocycles. The van der Waals surface area contributed by atoms with Crippen LogP contribution in [0.5, 0.6) is 0 Å². The van der Waals surface area contributed by atoms with Crippen molar-refractivity contribution in [3.8, 4) is 0 Å². The van der Waals surface area contributed by atoms with Gasteiger partial charge in [0.05, 0.1) is 0 Å². The maximum Gasteiger partial charge on any atom is 0.298 e. The molecule has 1 fully saturated rings. The maximum atomic E-state index is 5.89. The number of benzene rings is 2. The third-order valence-corrected chi connectivity index (χ3v) is 5.10. The fourth-order valence-electron chi connectivity index (χ4n) is 3.43. The van der Waals surface area contributed by atoms with Crippen molar-refractivity contribution >= 4 is 22.8 Å². The molecule has 1 aliphatic rings. The highest BCUT2D eigenvalue weighted by Crippen LogP contribution is 2.25. The first-order chi connectivity index (χ1) is 12.6. The molecule has 3 aromatic rings. The molecule has 2 aromatic carbocycles. The van der Waals surface area contributed by atoms with E-state index >= 15 is 0 Å². The highest BCUT2D eigenvalue weighted by atomic mass is 16.4. The van der Waals surface area contributed by atoms with Crippen LogP contribution in [-0.4, -0.2) is 36.1 Å². The van der Waals surface area contributed by atoms with Crippen molar-refractivity contribution in [2.24, 2.45) is 0 Å². The molecular weight excluding hydrogens is 324 g/mol. The van der Waals surface area contributed by atoms with Crippen molar-refractivity contribution in [3.05, 3.63) is 53.6 Å². The Labute approximate surface area is 154 Å². The number of oxazole rings is 1. The molecule has 0 saturated carbocycles. The molecular formula is C21H26N4O. The number of fused-ring (bicyclic) bond motifs is 1. The van der Waals surface area contributed by atoms with E-state index in [0.717, 1.165) is 43.8 Å². The molecule has 5 nitrogen and oxygen atoms in total. The topological polar surface area (TPSA) is 58.5 Å². The quantitative estimate of drug-likeness (QED) is 0.724. The average molecular weight is 350 g/mol. The summed E-state index contributed by atoms with van der Waals surface area (Å²) in [5.41, 5.74) is 10.9. The molecule has 0 bridgehead atoms. The molecule has 0 amide bonds. The van der Waals surface area contributed by atoms with Crippen LogP contribution in [0, 0.1) is 0 Å². The SMILES string of the molecule is CC(C)c1ccc(CN2CCN(c3nc4cc(N)ccc4o3)CC2)cc1. The van der Waals surface area contributed by atoms with Crippen molar-refractivity contribution in [1.29, 1.82) is 0 Å². The summed E-state index contributed by atoms with van der Waals surface area (Å²) in [6, 6.07) is 15.3. The fourth-order valence-corrected chi connectivity index (χ4v) is 3.43. The molecule has 1 aliphatic heterocycles. The monoisotopic (exact) mass is 350 g/mol. The zero-order valence-electron chi connectivity index (χ0n) is 15.5. The predicted molar refractivity (Wildman–Crippen MR) is 106 cm³/mol. The number of nitrogen functional groups attached to an aromatic ring is 1. The summed E-state index contributed by atoms with van der Waals surface area (Å²) in [5, 5.41) is 0. The number of rotatable bonds is 4. The highest BCUT2D eigenvalue weighted by Gasteiger charge is 2.21. The zero-order chi connectivity index (χ0) is 18.1. The van der Waals surface area contributed by atoms with Crippen LogP contribution in [-0.2, 0) is 6.54 Å². The summed E-state index contributed by atoms with van der Waals surface area (Å²) in [6.07, 6.45) is 0. The van der Waals surface area contributed by atoms with Gasteiger partial charge < -0.3 is 15.1 Å². The van der Waals surface area contributed by atoms with Crippen molar-refractivity contribution in [2.75, 3.05) is 36.8 Å². The number of anilines is 2. The number of hydrogen-bond donors (Lipinski definition) is 1. The molecule has 4 rings (SSSR count).